The van der Waals surface area contributed by atoms with Crippen LogP contribution in [0.4, 0.5) is 0 Å². The molecule has 0 aliphatic heterocycles. The average molecular weight is 239 g/mol. The Kier molecular flexibility index (Phi) is 3.15. The van der Waals surface area contributed by atoms with Crippen molar-refractivity contribution in [2.24, 2.45) is 5.92 Å². The van der Waals surface area contributed by atoms with Gasteiger partial charge in [0.1, 0.15) is 5.15 Å². The van der Waals surface area contributed by atoms with Gasteiger partial charge in [-0.25, -0.2) is 4.98 Å². The average Bonchev–Trinajstić information content (AvgIpc) is 3.10. The van der Waals surface area contributed by atoms with Crippen molar-refractivity contribution in [2.75, 3.05) is 7.05 Å². The van der Waals surface area contributed by atoms with Crippen LogP contribution in [0.1, 0.15) is 30.1 Å². The molecule has 3 nitrogen and oxygen atoms in total. The second-order valence-electron chi connectivity index (χ2n) is 4.36. The highest BCUT2D eigenvalue weighted by atomic mass is 35.5. The van der Waals surface area contributed by atoms with Crippen LogP contribution in [-0.2, 0) is 0 Å². The second kappa shape index (κ2) is 4.42. The number of nitrogens with zero attached hydrogens (tertiary/aromatic N) is 2. The van der Waals surface area contributed by atoms with E-state index in [1.165, 1.54) is 12.8 Å². The lowest BCUT2D eigenvalue weighted by molar-refractivity contribution is 0.0727. The molecule has 1 unspecified atom stereocenters. The van der Waals surface area contributed by atoms with E-state index in [0.717, 1.165) is 0 Å². The third-order valence-corrected chi connectivity index (χ3v) is 3.42. The highest BCUT2D eigenvalue weighted by Crippen LogP contribution is 2.35. The van der Waals surface area contributed by atoms with Crippen LogP contribution in [0.3, 0.4) is 0 Å². The maximum Gasteiger partial charge on any atom is 0.254 e. The van der Waals surface area contributed by atoms with Crippen LogP contribution in [0, 0.1) is 5.92 Å². The summed E-state index contributed by atoms with van der Waals surface area (Å²) in [5.41, 5.74) is 0.606. The molecule has 0 N–H and O–H groups in total. The van der Waals surface area contributed by atoms with Gasteiger partial charge in [-0.3, -0.25) is 4.79 Å². The van der Waals surface area contributed by atoms with Gasteiger partial charge in [-0.15, -0.1) is 0 Å². The molecule has 1 amide bonds. The molecule has 0 saturated heterocycles. The first-order chi connectivity index (χ1) is 7.59. The Hall–Kier alpha value is -1.09. The lowest BCUT2D eigenvalue weighted by atomic mass is 10.1. The standard InChI is InChI=1S/C12H15ClN2O/c1-8(9-3-4-9)15(2)12(16)10-5-6-14-11(13)7-10/h5-9H,3-4H2,1-2H3. The maximum absolute atomic E-state index is 12.1. The summed E-state index contributed by atoms with van der Waals surface area (Å²) in [5.74, 6) is 0.690. The number of halogens is 1. The summed E-state index contributed by atoms with van der Waals surface area (Å²) < 4.78 is 0. The van der Waals surface area contributed by atoms with E-state index in [9.17, 15) is 4.79 Å². The number of aromatic nitrogens is 1. The van der Waals surface area contributed by atoms with E-state index < -0.39 is 0 Å². The number of amides is 1. The minimum absolute atomic E-state index is 0.0173. The topological polar surface area (TPSA) is 33.2 Å². The van der Waals surface area contributed by atoms with E-state index in [-0.39, 0.29) is 5.91 Å². The molecule has 2 rings (SSSR count). The second-order valence-corrected chi connectivity index (χ2v) is 4.75. The Balaban J connectivity index is 2.11. The first kappa shape index (κ1) is 11.4. The SMILES string of the molecule is CC(C1CC1)N(C)C(=O)c1ccnc(Cl)c1. The van der Waals surface area contributed by atoms with Crippen LogP contribution in [0.5, 0.6) is 0 Å². The molecule has 16 heavy (non-hydrogen) atoms. The molecule has 1 heterocycles. The summed E-state index contributed by atoms with van der Waals surface area (Å²) in [5, 5.41) is 0.360. The molecule has 0 bridgehead atoms. The van der Waals surface area contributed by atoms with Crippen LogP contribution >= 0.6 is 11.6 Å². The Morgan fingerprint density at radius 3 is 2.88 bits per heavy atom. The van der Waals surface area contributed by atoms with Crippen molar-refractivity contribution in [1.29, 1.82) is 0 Å². The lowest BCUT2D eigenvalue weighted by Crippen LogP contribution is -2.36. The summed E-state index contributed by atoms with van der Waals surface area (Å²) in [6.45, 7) is 2.10. The highest BCUT2D eigenvalue weighted by Gasteiger charge is 2.32. The number of hydrogen-bond donors (Lipinski definition) is 0. The van der Waals surface area contributed by atoms with E-state index in [2.05, 4.69) is 11.9 Å². The van der Waals surface area contributed by atoms with Gasteiger partial charge in [0.25, 0.3) is 5.91 Å². The molecular formula is C12H15ClN2O. The number of carbonyl (C=O) groups excluding carboxylic acids is 1. The monoisotopic (exact) mass is 238 g/mol. The van der Waals surface area contributed by atoms with Crippen molar-refractivity contribution < 1.29 is 4.79 Å². The van der Waals surface area contributed by atoms with Gasteiger partial charge in [0.15, 0.2) is 0 Å². The maximum atomic E-state index is 12.1. The summed E-state index contributed by atoms with van der Waals surface area (Å²) in [6, 6.07) is 3.61. The number of carbonyl (C=O) groups is 1. The van der Waals surface area contributed by atoms with Gasteiger partial charge in [0.05, 0.1) is 0 Å². The molecule has 1 atom stereocenters. The quantitative estimate of drug-likeness (QED) is 0.759. The molecule has 0 aromatic carbocycles. The molecular weight excluding hydrogens is 224 g/mol. The molecule has 1 saturated carbocycles. The third kappa shape index (κ3) is 2.35. The predicted octanol–water partition coefficient (Wildman–Crippen LogP) is 2.61. The minimum Gasteiger partial charge on any atom is -0.339 e. The fourth-order valence-electron chi connectivity index (χ4n) is 1.82. The minimum atomic E-state index is 0.0173. The molecule has 0 radical (unpaired) electrons. The smallest absolute Gasteiger partial charge is 0.254 e. The van der Waals surface area contributed by atoms with Crippen molar-refractivity contribution in [2.45, 2.75) is 25.8 Å². The molecule has 0 spiro atoms. The van der Waals surface area contributed by atoms with Gasteiger partial charge >= 0.3 is 0 Å². The van der Waals surface area contributed by atoms with E-state index in [0.29, 0.717) is 22.7 Å². The van der Waals surface area contributed by atoms with Crippen LogP contribution in [0.2, 0.25) is 5.15 Å². The van der Waals surface area contributed by atoms with Crippen LogP contribution < -0.4 is 0 Å². The Morgan fingerprint density at radius 2 is 2.31 bits per heavy atom. The Labute approximate surface area is 100 Å². The van der Waals surface area contributed by atoms with Gasteiger partial charge < -0.3 is 4.90 Å². The van der Waals surface area contributed by atoms with Crippen molar-refractivity contribution in [3.8, 4) is 0 Å². The summed E-state index contributed by atoms with van der Waals surface area (Å²) >= 11 is 5.77. The normalized spacial score (nSPS) is 16.9. The van der Waals surface area contributed by atoms with Crippen molar-refractivity contribution >= 4 is 17.5 Å². The van der Waals surface area contributed by atoms with E-state index in [1.807, 2.05) is 7.05 Å². The molecule has 4 heteroatoms. The lowest BCUT2D eigenvalue weighted by Gasteiger charge is -2.24. The first-order valence-electron chi connectivity index (χ1n) is 5.48. The van der Waals surface area contributed by atoms with Crippen LogP contribution in [0.15, 0.2) is 18.3 Å². The third-order valence-electron chi connectivity index (χ3n) is 3.21. The number of pyridine rings is 1. The number of rotatable bonds is 3. The molecule has 1 fully saturated rings. The highest BCUT2D eigenvalue weighted by molar-refractivity contribution is 6.29. The largest absolute Gasteiger partial charge is 0.339 e. The molecule has 1 aliphatic carbocycles. The van der Waals surface area contributed by atoms with Crippen LogP contribution in [0.25, 0.3) is 0 Å². The fraction of sp³-hybridized carbons (Fsp3) is 0.500. The van der Waals surface area contributed by atoms with E-state index in [4.69, 9.17) is 11.6 Å². The fourth-order valence-corrected chi connectivity index (χ4v) is 1.99. The molecule has 86 valence electrons. The predicted molar refractivity (Wildman–Crippen MR) is 63.5 cm³/mol. The first-order valence-corrected chi connectivity index (χ1v) is 5.86. The van der Waals surface area contributed by atoms with Gasteiger partial charge in [-0.05, 0) is 37.8 Å². The summed E-state index contributed by atoms with van der Waals surface area (Å²) in [7, 11) is 1.85. The summed E-state index contributed by atoms with van der Waals surface area (Å²) in [6.07, 6.45) is 4.02. The van der Waals surface area contributed by atoms with E-state index in [1.54, 1.807) is 23.2 Å². The zero-order valence-electron chi connectivity index (χ0n) is 9.48. The van der Waals surface area contributed by atoms with Gasteiger partial charge in [0, 0.05) is 24.8 Å². The molecule has 1 aromatic heterocycles. The number of hydrogen-bond acceptors (Lipinski definition) is 2. The Bertz CT molecular complexity index is 404. The van der Waals surface area contributed by atoms with Crippen molar-refractivity contribution in [1.82, 2.24) is 9.88 Å². The van der Waals surface area contributed by atoms with Crippen molar-refractivity contribution in [3.05, 3.63) is 29.0 Å². The van der Waals surface area contributed by atoms with Crippen LogP contribution in [-0.4, -0.2) is 28.9 Å². The van der Waals surface area contributed by atoms with E-state index >= 15 is 0 Å². The van der Waals surface area contributed by atoms with Gasteiger partial charge in [-0.2, -0.15) is 0 Å². The zero-order valence-corrected chi connectivity index (χ0v) is 10.2. The van der Waals surface area contributed by atoms with Gasteiger partial charge in [0.2, 0.25) is 0 Å². The molecule has 1 aliphatic rings. The zero-order chi connectivity index (χ0) is 11.7. The van der Waals surface area contributed by atoms with Crippen molar-refractivity contribution in [3.63, 3.8) is 0 Å². The molecule has 1 aromatic rings. The van der Waals surface area contributed by atoms with Gasteiger partial charge in [-0.1, -0.05) is 11.6 Å². The summed E-state index contributed by atoms with van der Waals surface area (Å²) in [4.78, 5) is 17.8. The Morgan fingerprint density at radius 1 is 1.62 bits per heavy atom.